The molecule has 1 rings (SSSR count). The first-order chi connectivity index (χ1) is 6.06. The molecule has 0 aromatic carbocycles. The number of nitrogens with two attached hydrogens (primary N) is 1. The molecule has 0 unspecified atom stereocenters. The zero-order chi connectivity index (χ0) is 10.0. The third-order valence-corrected chi connectivity index (χ3v) is 1.93. The number of aliphatic hydroxyl groups excluding tert-OH is 1. The highest BCUT2D eigenvalue weighted by Crippen LogP contribution is 2.29. The lowest BCUT2D eigenvalue weighted by Gasteiger charge is -2.08. The Hall–Kier alpha value is -0.750. The van der Waals surface area contributed by atoms with Crippen LogP contribution in [0.15, 0.2) is 10.7 Å². The van der Waals surface area contributed by atoms with Crippen LogP contribution in [0.3, 0.4) is 0 Å². The number of hydrogen-bond acceptors (Lipinski definition) is 3. The number of alkyl halides is 2. The molecule has 1 heterocycles. The topological polar surface area (TPSA) is 59.1 Å². The van der Waals surface area contributed by atoms with E-state index in [1.807, 2.05) is 0 Å². The van der Waals surface area contributed by atoms with Crippen LogP contribution in [0.25, 0.3) is 0 Å². The summed E-state index contributed by atoms with van der Waals surface area (Å²) in [5.74, 6) is 0. The van der Waals surface area contributed by atoms with E-state index in [1.54, 1.807) is 0 Å². The molecular formula is C7H7BrF2N2O. The molecule has 0 aliphatic heterocycles. The molecule has 13 heavy (non-hydrogen) atoms. The SMILES string of the molecule is Nc1c(C(F)F)cc(Br)nc1CO. The molecule has 0 aliphatic rings. The van der Waals surface area contributed by atoms with Gasteiger partial charge in [-0.2, -0.15) is 0 Å². The fourth-order valence-electron chi connectivity index (χ4n) is 0.895. The maximum Gasteiger partial charge on any atom is 0.265 e. The predicted octanol–water partition coefficient (Wildman–Crippen LogP) is 1.86. The first-order valence-corrected chi connectivity index (χ1v) is 4.19. The normalized spacial score (nSPS) is 10.8. The smallest absolute Gasteiger partial charge is 0.265 e. The molecule has 1 aromatic heterocycles. The Kier molecular flexibility index (Phi) is 3.16. The van der Waals surface area contributed by atoms with Crippen LogP contribution in [0.1, 0.15) is 17.7 Å². The molecule has 1 aromatic rings. The molecule has 0 atom stereocenters. The number of hydrogen-bond donors (Lipinski definition) is 2. The van der Waals surface area contributed by atoms with E-state index in [9.17, 15) is 8.78 Å². The van der Waals surface area contributed by atoms with Crippen LogP contribution in [0.4, 0.5) is 14.5 Å². The van der Waals surface area contributed by atoms with Gasteiger partial charge in [-0.1, -0.05) is 0 Å². The van der Waals surface area contributed by atoms with E-state index in [0.29, 0.717) is 0 Å². The van der Waals surface area contributed by atoms with Crippen molar-refractivity contribution in [3.8, 4) is 0 Å². The first-order valence-electron chi connectivity index (χ1n) is 3.40. The monoisotopic (exact) mass is 252 g/mol. The molecule has 6 heteroatoms. The van der Waals surface area contributed by atoms with Gasteiger partial charge in [-0.25, -0.2) is 13.8 Å². The van der Waals surface area contributed by atoms with Crippen LogP contribution in [-0.2, 0) is 6.61 Å². The minimum Gasteiger partial charge on any atom is -0.397 e. The van der Waals surface area contributed by atoms with Crippen molar-refractivity contribution in [2.24, 2.45) is 0 Å². The van der Waals surface area contributed by atoms with Crippen molar-refractivity contribution in [2.45, 2.75) is 13.0 Å². The van der Waals surface area contributed by atoms with Gasteiger partial charge in [-0.15, -0.1) is 0 Å². The summed E-state index contributed by atoms with van der Waals surface area (Å²) in [4.78, 5) is 3.74. The van der Waals surface area contributed by atoms with Gasteiger partial charge in [-0.3, -0.25) is 0 Å². The van der Waals surface area contributed by atoms with Crippen molar-refractivity contribution in [3.63, 3.8) is 0 Å². The summed E-state index contributed by atoms with van der Waals surface area (Å²) in [7, 11) is 0. The molecule has 0 radical (unpaired) electrons. The first kappa shape index (κ1) is 10.3. The van der Waals surface area contributed by atoms with Gasteiger partial charge in [-0.05, 0) is 22.0 Å². The van der Waals surface area contributed by atoms with E-state index >= 15 is 0 Å². The number of rotatable bonds is 2. The third kappa shape index (κ3) is 2.13. The molecular weight excluding hydrogens is 246 g/mol. The zero-order valence-electron chi connectivity index (χ0n) is 6.47. The second kappa shape index (κ2) is 3.97. The maximum absolute atomic E-state index is 12.3. The van der Waals surface area contributed by atoms with Gasteiger partial charge in [0.15, 0.2) is 0 Å². The number of pyridine rings is 1. The molecule has 0 aliphatic carbocycles. The van der Waals surface area contributed by atoms with Gasteiger partial charge < -0.3 is 10.8 Å². The molecule has 0 fully saturated rings. The Morgan fingerprint density at radius 2 is 2.23 bits per heavy atom. The van der Waals surface area contributed by atoms with Crippen molar-refractivity contribution in [3.05, 3.63) is 21.9 Å². The van der Waals surface area contributed by atoms with E-state index in [-0.39, 0.29) is 21.5 Å². The van der Waals surface area contributed by atoms with Crippen molar-refractivity contribution >= 4 is 21.6 Å². The second-order valence-electron chi connectivity index (χ2n) is 2.35. The summed E-state index contributed by atoms with van der Waals surface area (Å²) in [5, 5.41) is 8.74. The van der Waals surface area contributed by atoms with E-state index in [1.165, 1.54) is 0 Å². The molecule has 0 saturated carbocycles. The number of halogens is 3. The van der Waals surface area contributed by atoms with E-state index in [4.69, 9.17) is 10.8 Å². The van der Waals surface area contributed by atoms with E-state index in [2.05, 4.69) is 20.9 Å². The van der Waals surface area contributed by atoms with Crippen molar-refractivity contribution in [2.75, 3.05) is 5.73 Å². The Bertz CT molecular complexity index is 320. The predicted molar refractivity (Wildman–Crippen MR) is 47.2 cm³/mol. The number of aromatic nitrogens is 1. The highest BCUT2D eigenvalue weighted by molar-refractivity contribution is 9.10. The highest BCUT2D eigenvalue weighted by atomic mass is 79.9. The van der Waals surface area contributed by atoms with E-state index < -0.39 is 13.0 Å². The Balaban J connectivity index is 3.27. The standard InChI is InChI=1S/C7H7BrF2N2O/c8-5-1-3(7(9)10)6(11)4(2-13)12-5/h1,7,13H,2,11H2. The number of aliphatic hydroxyl groups is 1. The van der Waals surface area contributed by atoms with Crippen molar-refractivity contribution in [1.82, 2.24) is 4.98 Å². The van der Waals surface area contributed by atoms with Gasteiger partial charge in [0.05, 0.1) is 18.0 Å². The fourth-order valence-corrected chi connectivity index (χ4v) is 1.36. The summed E-state index contributed by atoms with van der Waals surface area (Å²) in [6.45, 7) is -0.453. The second-order valence-corrected chi connectivity index (χ2v) is 3.17. The average Bonchev–Trinajstić information content (AvgIpc) is 2.08. The van der Waals surface area contributed by atoms with Gasteiger partial charge in [0.25, 0.3) is 6.43 Å². The minimum atomic E-state index is -2.66. The maximum atomic E-state index is 12.3. The summed E-state index contributed by atoms with van der Waals surface area (Å²) in [5.41, 5.74) is 4.93. The number of anilines is 1. The molecule has 0 spiro atoms. The number of nitrogen functional groups attached to an aromatic ring is 1. The molecule has 3 nitrogen and oxygen atoms in total. The quantitative estimate of drug-likeness (QED) is 0.791. The largest absolute Gasteiger partial charge is 0.397 e. The summed E-state index contributed by atoms with van der Waals surface area (Å²) < 4.78 is 24.9. The van der Waals surface area contributed by atoms with Crippen molar-refractivity contribution < 1.29 is 13.9 Å². The molecule has 0 saturated heterocycles. The molecule has 0 amide bonds. The van der Waals surface area contributed by atoms with Crippen LogP contribution in [-0.4, -0.2) is 10.1 Å². The van der Waals surface area contributed by atoms with Gasteiger partial charge in [0.1, 0.15) is 4.60 Å². The Labute approximate surface area is 81.7 Å². The van der Waals surface area contributed by atoms with Crippen LogP contribution in [0.2, 0.25) is 0 Å². The van der Waals surface area contributed by atoms with Crippen LogP contribution in [0, 0.1) is 0 Å². The lowest BCUT2D eigenvalue weighted by molar-refractivity contribution is 0.151. The molecule has 3 N–H and O–H groups in total. The Morgan fingerprint density at radius 1 is 1.62 bits per heavy atom. The van der Waals surface area contributed by atoms with Crippen LogP contribution < -0.4 is 5.73 Å². The Morgan fingerprint density at radius 3 is 2.69 bits per heavy atom. The molecule has 0 bridgehead atoms. The zero-order valence-corrected chi connectivity index (χ0v) is 8.05. The minimum absolute atomic E-state index is 0.0599. The summed E-state index contributed by atoms with van der Waals surface area (Å²) >= 11 is 2.95. The van der Waals surface area contributed by atoms with Gasteiger partial charge in [0, 0.05) is 5.56 Å². The summed E-state index contributed by atoms with van der Waals surface area (Å²) in [6, 6.07) is 1.14. The number of nitrogens with zero attached hydrogens (tertiary/aromatic N) is 1. The molecule has 72 valence electrons. The lowest BCUT2D eigenvalue weighted by Crippen LogP contribution is -2.03. The van der Waals surface area contributed by atoms with Crippen LogP contribution >= 0.6 is 15.9 Å². The van der Waals surface area contributed by atoms with Gasteiger partial charge >= 0.3 is 0 Å². The average molecular weight is 253 g/mol. The lowest BCUT2D eigenvalue weighted by atomic mass is 10.2. The third-order valence-electron chi connectivity index (χ3n) is 1.52. The van der Waals surface area contributed by atoms with Gasteiger partial charge in [0.2, 0.25) is 0 Å². The summed E-state index contributed by atoms with van der Waals surface area (Å²) in [6.07, 6.45) is -2.66. The van der Waals surface area contributed by atoms with Crippen LogP contribution in [0.5, 0.6) is 0 Å². The highest BCUT2D eigenvalue weighted by Gasteiger charge is 2.15. The van der Waals surface area contributed by atoms with Crippen molar-refractivity contribution in [1.29, 1.82) is 0 Å². The fraction of sp³-hybridized carbons (Fsp3) is 0.286. The van der Waals surface area contributed by atoms with E-state index in [0.717, 1.165) is 6.07 Å².